The van der Waals surface area contributed by atoms with Gasteiger partial charge in [0.05, 0.1) is 6.61 Å². The molecule has 1 atom stereocenters. The maximum absolute atomic E-state index is 12.9. The molecule has 0 aromatic heterocycles. The highest BCUT2D eigenvalue weighted by molar-refractivity contribution is 6.09. The molecule has 8 nitrogen and oxygen atoms in total. The third-order valence-electron chi connectivity index (χ3n) is 6.53. The lowest BCUT2D eigenvalue weighted by Gasteiger charge is -2.33. The molecule has 0 unspecified atom stereocenters. The number of carbonyl (C=O) groups is 3. The van der Waals surface area contributed by atoms with Gasteiger partial charge in [-0.05, 0) is 57.6 Å². The van der Waals surface area contributed by atoms with Crippen molar-refractivity contribution < 1.29 is 23.9 Å². The average Bonchev–Trinajstić information content (AvgIpc) is 3.20. The van der Waals surface area contributed by atoms with Crippen LogP contribution in [0.15, 0.2) is 12.1 Å². The van der Waals surface area contributed by atoms with Crippen LogP contribution in [0.4, 0.5) is 4.79 Å². The van der Waals surface area contributed by atoms with E-state index in [1.54, 1.807) is 0 Å². The van der Waals surface area contributed by atoms with Gasteiger partial charge in [-0.15, -0.1) is 0 Å². The summed E-state index contributed by atoms with van der Waals surface area (Å²) in [5.74, 6) is 1.40. The van der Waals surface area contributed by atoms with Gasteiger partial charge in [0.15, 0.2) is 0 Å². The number of benzene rings is 1. The summed E-state index contributed by atoms with van der Waals surface area (Å²) in [4.78, 5) is 39.0. The SMILES string of the molecule is CCOc1cc2c(cc1CNC(=O)CN1C(=O)NC3(CCC(C)CC3)C1=O)O[C@@H](C)C2. The highest BCUT2D eigenvalue weighted by Crippen LogP contribution is 2.37. The zero-order valence-electron chi connectivity index (χ0n) is 18.5. The lowest BCUT2D eigenvalue weighted by atomic mass is 9.77. The zero-order chi connectivity index (χ0) is 22.2. The van der Waals surface area contributed by atoms with Crippen LogP contribution in [0.3, 0.4) is 0 Å². The van der Waals surface area contributed by atoms with E-state index in [1.165, 1.54) is 0 Å². The van der Waals surface area contributed by atoms with Crippen molar-refractivity contribution in [3.63, 3.8) is 0 Å². The molecule has 1 aliphatic carbocycles. The third-order valence-corrected chi connectivity index (χ3v) is 6.53. The van der Waals surface area contributed by atoms with Gasteiger partial charge in [-0.3, -0.25) is 14.5 Å². The van der Waals surface area contributed by atoms with Crippen LogP contribution < -0.4 is 20.1 Å². The number of ether oxygens (including phenoxy) is 2. The highest BCUT2D eigenvalue weighted by atomic mass is 16.5. The number of nitrogens with one attached hydrogen (secondary N) is 2. The van der Waals surface area contributed by atoms with Crippen molar-refractivity contribution in [2.24, 2.45) is 5.92 Å². The van der Waals surface area contributed by atoms with Gasteiger partial charge in [-0.1, -0.05) is 6.92 Å². The number of amides is 4. The zero-order valence-corrected chi connectivity index (χ0v) is 18.5. The first kappa shape index (κ1) is 21.5. The molecule has 31 heavy (non-hydrogen) atoms. The molecular weight excluding hydrogens is 398 g/mol. The van der Waals surface area contributed by atoms with Crippen molar-refractivity contribution in [2.45, 2.75) is 71.1 Å². The molecule has 4 rings (SSSR count). The predicted molar refractivity (Wildman–Crippen MR) is 114 cm³/mol. The highest BCUT2D eigenvalue weighted by Gasteiger charge is 2.52. The molecule has 2 N–H and O–H groups in total. The molecule has 1 spiro atoms. The Morgan fingerprint density at radius 1 is 1.29 bits per heavy atom. The molecule has 1 aromatic carbocycles. The Morgan fingerprint density at radius 3 is 2.74 bits per heavy atom. The van der Waals surface area contributed by atoms with Gasteiger partial charge >= 0.3 is 6.03 Å². The Bertz CT molecular complexity index is 891. The third kappa shape index (κ3) is 4.20. The molecular formula is C23H31N3O5. The second kappa shape index (κ2) is 8.40. The van der Waals surface area contributed by atoms with Gasteiger partial charge in [0.1, 0.15) is 29.7 Å². The number of carbonyl (C=O) groups excluding carboxylic acids is 3. The standard InChI is InChI=1S/C23H31N3O5/c1-4-30-18-10-16-9-15(3)31-19(16)11-17(18)12-24-20(27)13-26-21(28)23(25-22(26)29)7-5-14(2)6-8-23/h10-11,14-15H,4-9,12-13H2,1-3H3,(H,24,27)(H,25,29)/t14?,15-,23?/m0/s1. The van der Waals surface area contributed by atoms with Crippen LogP contribution in [-0.4, -0.2) is 47.5 Å². The van der Waals surface area contributed by atoms with Gasteiger partial charge in [0, 0.05) is 24.1 Å². The minimum Gasteiger partial charge on any atom is -0.494 e. The smallest absolute Gasteiger partial charge is 0.325 e. The lowest BCUT2D eigenvalue weighted by molar-refractivity contribution is -0.136. The van der Waals surface area contributed by atoms with Crippen LogP contribution in [0.2, 0.25) is 0 Å². The van der Waals surface area contributed by atoms with Crippen molar-refractivity contribution in [3.8, 4) is 11.5 Å². The minimum atomic E-state index is -0.833. The predicted octanol–water partition coefficient (Wildman–Crippen LogP) is 2.53. The van der Waals surface area contributed by atoms with E-state index in [0.29, 0.717) is 31.1 Å². The fourth-order valence-corrected chi connectivity index (χ4v) is 4.72. The Labute approximate surface area is 182 Å². The summed E-state index contributed by atoms with van der Waals surface area (Å²) >= 11 is 0. The number of rotatable bonds is 6. The molecule has 1 aromatic rings. The van der Waals surface area contributed by atoms with Crippen LogP contribution in [0.5, 0.6) is 11.5 Å². The Kier molecular flexibility index (Phi) is 5.81. The van der Waals surface area contributed by atoms with Gasteiger partial charge in [0.25, 0.3) is 5.91 Å². The van der Waals surface area contributed by atoms with E-state index in [-0.39, 0.29) is 31.0 Å². The summed E-state index contributed by atoms with van der Waals surface area (Å²) in [7, 11) is 0. The van der Waals surface area contributed by atoms with E-state index in [4.69, 9.17) is 9.47 Å². The van der Waals surface area contributed by atoms with Gasteiger partial charge < -0.3 is 20.1 Å². The molecule has 4 amide bonds. The van der Waals surface area contributed by atoms with E-state index < -0.39 is 11.6 Å². The van der Waals surface area contributed by atoms with Crippen molar-refractivity contribution in [2.75, 3.05) is 13.2 Å². The summed E-state index contributed by atoms with van der Waals surface area (Å²) in [6.45, 7) is 6.53. The number of fused-ring (bicyclic) bond motifs is 1. The number of hydrogen-bond donors (Lipinski definition) is 2. The van der Waals surface area contributed by atoms with E-state index in [1.807, 2.05) is 26.0 Å². The molecule has 0 radical (unpaired) electrons. The lowest BCUT2D eigenvalue weighted by Crippen LogP contribution is -2.49. The summed E-state index contributed by atoms with van der Waals surface area (Å²) in [5.41, 5.74) is 1.07. The Hall–Kier alpha value is -2.77. The van der Waals surface area contributed by atoms with Gasteiger partial charge in [-0.2, -0.15) is 0 Å². The average molecular weight is 430 g/mol. The number of nitrogens with zero attached hydrogens (tertiary/aromatic N) is 1. The van der Waals surface area contributed by atoms with E-state index >= 15 is 0 Å². The topological polar surface area (TPSA) is 97.0 Å². The summed E-state index contributed by atoms with van der Waals surface area (Å²) in [5, 5.41) is 5.67. The van der Waals surface area contributed by atoms with E-state index in [9.17, 15) is 14.4 Å². The Balaban J connectivity index is 1.39. The molecule has 2 aliphatic heterocycles. The summed E-state index contributed by atoms with van der Waals surface area (Å²) in [6, 6.07) is 3.38. The summed E-state index contributed by atoms with van der Waals surface area (Å²) in [6.07, 6.45) is 3.99. The first-order valence-electron chi connectivity index (χ1n) is 11.2. The second-order valence-corrected chi connectivity index (χ2v) is 9.00. The first-order chi connectivity index (χ1) is 14.8. The number of urea groups is 1. The van der Waals surface area contributed by atoms with Crippen molar-refractivity contribution in [1.82, 2.24) is 15.5 Å². The molecule has 1 saturated carbocycles. The molecule has 8 heteroatoms. The molecule has 168 valence electrons. The van der Waals surface area contributed by atoms with Crippen LogP contribution in [-0.2, 0) is 22.6 Å². The van der Waals surface area contributed by atoms with Crippen LogP contribution in [0.1, 0.15) is 57.6 Å². The largest absolute Gasteiger partial charge is 0.494 e. The molecule has 0 bridgehead atoms. The molecule has 2 fully saturated rings. The number of hydrogen-bond acceptors (Lipinski definition) is 5. The first-order valence-corrected chi connectivity index (χ1v) is 11.2. The maximum atomic E-state index is 12.9. The van der Waals surface area contributed by atoms with E-state index in [0.717, 1.165) is 41.0 Å². The number of imide groups is 1. The van der Waals surface area contributed by atoms with Crippen molar-refractivity contribution >= 4 is 17.8 Å². The summed E-state index contributed by atoms with van der Waals surface area (Å²) < 4.78 is 11.6. The van der Waals surface area contributed by atoms with Gasteiger partial charge in [0.2, 0.25) is 5.91 Å². The van der Waals surface area contributed by atoms with Crippen molar-refractivity contribution in [3.05, 3.63) is 23.3 Å². The molecule has 2 heterocycles. The maximum Gasteiger partial charge on any atom is 0.325 e. The fraction of sp³-hybridized carbons (Fsp3) is 0.609. The normalized spacial score (nSPS) is 27.1. The Morgan fingerprint density at radius 2 is 2.03 bits per heavy atom. The quantitative estimate of drug-likeness (QED) is 0.678. The fourth-order valence-electron chi connectivity index (χ4n) is 4.72. The molecule has 1 saturated heterocycles. The van der Waals surface area contributed by atoms with Crippen molar-refractivity contribution in [1.29, 1.82) is 0 Å². The monoisotopic (exact) mass is 429 g/mol. The minimum absolute atomic E-state index is 0.115. The van der Waals surface area contributed by atoms with Crippen LogP contribution >= 0.6 is 0 Å². The van der Waals surface area contributed by atoms with Gasteiger partial charge in [-0.25, -0.2) is 4.79 Å². The van der Waals surface area contributed by atoms with Crippen LogP contribution in [0, 0.1) is 5.92 Å². The second-order valence-electron chi connectivity index (χ2n) is 9.00. The van der Waals surface area contributed by atoms with Crippen LogP contribution in [0.25, 0.3) is 0 Å². The van der Waals surface area contributed by atoms with E-state index in [2.05, 4.69) is 17.6 Å². The molecule has 3 aliphatic rings.